The van der Waals surface area contributed by atoms with Crippen LogP contribution >= 0.6 is 12.6 Å². The van der Waals surface area contributed by atoms with E-state index in [-0.39, 0.29) is 35.3 Å². The Labute approximate surface area is 104 Å². The zero-order valence-electron chi connectivity index (χ0n) is 6.56. The molecule has 3 N–H and O–H groups in total. The summed E-state index contributed by atoms with van der Waals surface area (Å²) in [5, 5.41) is 8.64. The van der Waals surface area contributed by atoms with Gasteiger partial charge < -0.3 is 15.6 Å². The minimum atomic E-state index is -1.32. The molecule has 0 amide bonds. The Hall–Kier alpha value is 0.410. The molecule has 0 aromatic carbocycles. The van der Waals surface area contributed by atoms with Gasteiger partial charge in [0.25, 0.3) is 0 Å². The number of nitrogens with two attached hydrogens (primary N) is 1. The number of carbonyl (C=O) groups excluding carboxylic acids is 2. The van der Waals surface area contributed by atoms with Crippen molar-refractivity contribution in [3.8, 4) is 0 Å². The number of carbonyl (C=O) groups is 2. The van der Waals surface area contributed by atoms with Crippen LogP contribution in [0.1, 0.15) is 6.92 Å². The Morgan fingerprint density at radius 3 is 2.31 bits per heavy atom. The number of rotatable bonds is 3. The molecule has 0 saturated heterocycles. The number of hydrogen-bond donors (Lipinski definition) is 3. The zero-order valence-corrected chi connectivity index (χ0v) is 7.45. The Morgan fingerprint density at radius 1 is 1.54 bits per heavy atom. The van der Waals surface area contributed by atoms with E-state index in [0.717, 1.165) is 0 Å². The van der Waals surface area contributed by atoms with Crippen LogP contribution in [0, 0.1) is 0 Å². The number of ether oxygens (including phenoxy) is 1. The second kappa shape index (κ2) is 7.78. The number of aliphatic hydroxyl groups excluding tert-OH is 1. The van der Waals surface area contributed by atoms with Crippen molar-refractivity contribution in [2.45, 2.75) is 19.1 Å². The molecule has 0 aromatic heterocycles. The molecule has 0 aromatic rings. The van der Waals surface area contributed by atoms with Gasteiger partial charge in [-0.25, -0.2) is 9.59 Å². The van der Waals surface area contributed by atoms with Gasteiger partial charge in [-0.2, -0.15) is 12.6 Å². The molecule has 72 valence electrons. The third-order valence-corrected chi connectivity index (χ3v) is 1.44. The van der Waals surface area contributed by atoms with Gasteiger partial charge >= 0.3 is 41.5 Å². The number of esters is 2. The predicted octanol–water partition coefficient (Wildman–Crippen LogP) is -1.95. The van der Waals surface area contributed by atoms with Gasteiger partial charge in [-0.3, -0.25) is 0 Å². The van der Waals surface area contributed by atoms with Crippen LogP contribution in [0.5, 0.6) is 0 Å². The second-order valence-electron chi connectivity index (χ2n) is 2.21. The third-order valence-electron chi connectivity index (χ3n) is 1.04. The number of aliphatic hydroxyl groups is 1. The van der Waals surface area contributed by atoms with Crippen LogP contribution in [-0.2, 0) is 14.3 Å². The van der Waals surface area contributed by atoms with E-state index in [9.17, 15) is 9.59 Å². The molecule has 0 heterocycles. The van der Waals surface area contributed by atoms with E-state index >= 15 is 0 Å². The van der Waals surface area contributed by atoms with Crippen molar-refractivity contribution < 1.29 is 19.4 Å². The maximum absolute atomic E-state index is 10.8. The fourth-order valence-corrected chi connectivity index (χ4v) is 0.484. The van der Waals surface area contributed by atoms with Crippen molar-refractivity contribution in [3.63, 3.8) is 0 Å². The van der Waals surface area contributed by atoms with Gasteiger partial charge in [0.05, 0.1) is 0 Å². The molecule has 7 heteroatoms. The average molecular weight is 217 g/mol. The third kappa shape index (κ3) is 6.48. The molecule has 0 aliphatic carbocycles. The molecular formula is C6H12NNaO4S. The predicted molar refractivity (Wildman–Crippen MR) is 51.8 cm³/mol. The van der Waals surface area contributed by atoms with E-state index in [1.165, 1.54) is 6.92 Å². The molecule has 5 nitrogen and oxygen atoms in total. The molecule has 0 aliphatic rings. The molecule has 0 aliphatic heterocycles. The number of hydrogen-bond acceptors (Lipinski definition) is 6. The van der Waals surface area contributed by atoms with Gasteiger partial charge in [-0.15, -0.1) is 0 Å². The first kappa shape index (κ1) is 15.9. The topological polar surface area (TPSA) is 89.6 Å². The first-order valence-electron chi connectivity index (χ1n) is 3.29. The van der Waals surface area contributed by atoms with Crippen LogP contribution in [0.25, 0.3) is 0 Å². The standard InChI is InChI=1S/C6H11NO4S.Na.H/c1-3(8)5(9)11-6(10)4(7)2-12;;/h3-4,8,12H,2,7H2,1H3;;/t3?,4-;;/m0../s1. The first-order valence-corrected chi connectivity index (χ1v) is 3.92. The summed E-state index contributed by atoms with van der Waals surface area (Å²) < 4.78 is 4.16. The number of thiol groups is 1. The Kier molecular flexibility index (Phi) is 9.49. The summed E-state index contributed by atoms with van der Waals surface area (Å²) in [5.74, 6) is -1.79. The van der Waals surface area contributed by atoms with E-state index in [0.29, 0.717) is 0 Å². The van der Waals surface area contributed by atoms with E-state index in [4.69, 9.17) is 10.8 Å². The van der Waals surface area contributed by atoms with Crippen LogP contribution in [-0.4, -0.2) is 64.5 Å². The zero-order chi connectivity index (χ0) is 9.72. The van der Waals surface area contributed by atoms with Gasteiger partial charge in [0.1, 0.15) is 12.1 Å². The normalized spacial score (nSPS) is 13.8. The van der Waals surface area contributed by atoms with Crippen molar-refractivity contribution in [2.24, 2.45) is 5.73 Å². The van der Waals surface area contributed by atoms with E-state index < -0.39 is 24.1 Å². The average Bonchev–Trinajstić information content (AvgIpc) is 2.02. The van der Waals surface area contributed by atoms with E-state index in [1.807, 2.05) is 0 Å². The summed E-state index contributed by atoms with van der Waals surface area (Å²) >= 11 is 3.73. The quantitative estimate of drug-likeness (QED) is 0.221. The van der Waals surface area contributed by atoms with Crippen LogP contribution in [0.2, 0.25) is 0 Å². The fraction of sp³-hybridized carbons (Fsp3) is 0.667. The summed E-state index contributed by atoms with van der Waals surface area (Å²) in [6.45, 7) is 1.20. The summed E-state index contributed by atoms with van der Waals surface area (Å²) in [6.07, 6.45) is -1.32. The summed E-state index contributed by atoms with van der Waals surface area (Å²) in [7, 11) is 0. The molecule has 0 fully saturated rings. The van der Waals surface area contributed by atoms with Crippen LogP contribution in [0.4, 0.5) is 0 Å². The molecule has 0 bridgehead atoms. The Bertz CT molecular complexity index is 187. The molecule has 0 radical (unpaired) electrons. The van der Waals surface area contributed by atoms with Crippen molar-refractivity contribution in [1.82, 2.24) is 0 Å². The van der Waals surface area contributed by atoms with Crippen molar-refractivity contribution in [2.75, 3.05) is 5.75 Å². The molecule has 1 unspecified atom stereocenters. The molecule has 2 atom stereocenters. The van der Waals surface area contributed by atoms with E-state index in [1.54, 1.807) is 0 Å². The van der Waals surface area contributed by atoms with Gasteiger partial charge in [-0.1, -0.05) is 0 Å². The minimum absolute atomic E-state index is 0. The monoisotopic (exact) mass is 217 g/mol. The second-order valence-corrected chi connectivity index (χ2v) is 2.57. The summed E-state index contributed by atoms with van der Waals surface area (Å²) in [6, 6.07) is -0.934. The molecule has 0 rings (SSSR count). The summed E-state index contributed by atoms with van der Waals surface area (Å²) in [5.41, 5.74) is 5.18. The van der Waals surface area contributed by atoms with Crippen molar-refractivity contribution in [3.05, 3.63) is 0 Å². The molecule has 0 saturated carbocycles. The molecule has 13 heavy (non-hydrogen) atoms. The van der Waals surface area contributed by atoms with Gasteiger partial charge in [0.2, 0.25) is 0 Å². The van der Waals surface area contributed by atoms with Crippen LogP contribution < -0.4 is 5.73 Å². The molecule has 0 spiro atoms. The van der Waals surface area contributed by atoms with Crippen molar-refractivity contribution in [1.29, 1.82) is 0 Å². The van der Waals surface area contributed by atoms with Gasteiger partial charge in [0.15, 0.2) is 0 Å². The fourth-order valence-electron chi connectivity index (χ4n) is 0.335. The van der Waals surface area contributed by atoms with Crippen LogP contribution in [0.15, 0.2) is 0 Å². The summed E-state index contributed by atoms with van der Waals surface area (Å²) in [4.78, 5) is 21.4. The Balaban J connectivity index is 0. The van der Waals surface area contributed by atoms with Gasteiger partial charge in [-0.05, 0) is 6.92 Å². The van der Waals surface area contributed by atoms with Crippen LogP contribution in [0.3, 0.4) is 0 Å². The van der Waals surface area contributed by atoms with E-state index in [2.05, 4.69) is 17.4 Å². The van der Waals surface area contributed by atoms with Crippen molar-refractivity contribution >= 4 is 54.1 Å². The Morgan fingerprint density at radius 2 is 2.00 bits per heavy atom. The molecular weight excluding hydrogens is 205 g/mol. The first-order chi connectivity index (χ1) is 5.49. The maximum atomic E-state index is 10.8. The van der Waals surface area contributed by atoms with Gasteiger partial charge in [0, 0.05) is 5.75 Å². The SMILES string of the molecule is CC(O)C(=O)OC(=O)[C@@H](N)CS.[NaH].